The lowest BCUT2D eigenvalue weighted by molar-refractivity contribution is 0.315. The van der Waals surface area contributed by atoms with Crippen LogP contribution in [0.25, 0.3) is 0 Å². The van der Waals surface area contributed by atoms with Crippen LogP contribution in [0, 0.1) is 24.7 Å². The SMILES string of the molecule is C#CCOc1cc(N)cc(Cl)c1OCC#C. The van der Waals surface area contributed by atoms with Crippen LogP contribution in [-0.4, -0.2) is 13.2 Å². The largest absolute Gasteiger partial charge is 0.477 e. The van der Waals surface area contributed by atoms with Crippen LogP contribution in [0.15, 0.2) is 12.1 Å². The van der Waals surface area contributed by atoms with Crippen LogP contribution in [0.5, 0.6) is 11.5 Å². The summed E-state index contributed by atoms with van der Waals surface area (Å²) in [6.45, 7) is 0.197. The lowest BCUT2D eigenvalue weighted by Gasteiger charge is -2.12. The predicted molar refractivity (Wildman–Crippen MR) is 64.5 cm³/mol. The normalized spacial score (nSPS) is 8.94. The lowest BCUT2D eigenvalue weighted by atomic mass is 10.3. The van der Waals surface area contributed by atoms with Crippen LogP contribution in [0.3, 0.4) is 0 Å². The smallest absolute Gasteiger partial charge is 0.181 e. The molecule has 0 atom stereocenters. The molecular weight excluding hydrogens is 226 g/mol. The van der Waals surface area contributed by atoms with E-state index in [0.717, 1.165) is 0 Å². The van der Waals surface area contributed by atoms with Gasteiger partial charge in [0.25, 0.3) is 0 Å². The average molecular weight is 236 g/mol. The highest BCUT2D eigenvalue weighted by molar-refractivity contribution is 6.32. The van der Waals surface area contributed by atoms with E-state index < -0.39 is 0 Å². The Labute approximate surface area is 99.5 Å². The van der Waals surface area contributed by atoms with Crippen molar-refractivity contribution in [2.75, 3.05) is 18.9 Å². The van der Waals surface area contributed by atoms with E-state index in [-0.39, 0.29) is 13.2 Å². The maximum atomic E-state index is 5.94. The first kappa shape index (κ1) is 12.1. The van der Waals surface area contributed by atoms with Crippen molar-refractivity contribution >= 4 is 17.3 Å². The molecule has 0 amide bonds. The van der Waals surface area contributed by atoms with Gasteiger partial charge < -0.3 is 15.2 Å². The highest BCUT2D eigenvalue weighted by Crippen LogP contribution is 2.37. The van der Waals surface area contributed by atoms with Crippen molar-refractivity contribution in [1.29, 1.82) is 0 Å². The Bertz CT molecular complexity index is 457. The minimum Gasteiger partial charge on any atom is -0.477 e. The quantitative estimate of drug-likeness (QED) is 0.641. The molecule has 0 aliphatic rings. The Kier molecular flexibility index (Phi) is 4.39. The number of rotatable bonds is 4. The van der Waals surface area contributed by atoms with E-state index in [0.29, 0.717) is 22.2 Å². The number of nitrogens with two attached hydrogens (primary N) is 1. The standard InChI is InChI=1S/C12H10ClNO2/c1-3-5-15-11-8-9(14)7-10(13)12(11)16-6-4-2/h1-2,7-8H,5-6,14H2. The summed E-state index contributed by atoms with van der Waals surface area (Å²) in [7, 11) is 0. The average Bonchev–Trinajstić information content (AvgIpc) is 2.24. The number of nitrogen functional groups attached to an aromatic ring is 1. The van der Waals surface area contributed by atoms with E-state index in [1.54, 1.807) is 12.1 Å². The summed E-state index contributed by atoms with van der Waals surface area (Å²) >= 11 is 5.94. The van der Waals surface area contributed by atoms with Crippen LogP contribution < -0.4 is 15.2 Å². The fourth-order valence-electron chi connectivity index (χ4n) is 1.07. The summed E-state index contributed by atoms with van der Waals surface area (Å²) in [5.74, 6) is 5.41. The number of hydrogen-bond acceptors (Lipinski definition) is 3. The molecule has 0 heterocycles. The molecule has 0 unspecified atom stereocenters. The third-order valence-electron chi connectivity index (χ3n) is 1.64. The van der Waals surface area contributed by atoms with Gasteiger partial charge in [0, 0.05) is 11.8 Å². The molecule has 0 bridgehead atoms. The van der Waals surface area contributed by atoms with Crippen LogP contribution in [0.1, 0.15) is 0 Å². The first-order chi connectivity index (χ1) is 7.69. The number of hydrogen-bond donors (Lipinski definition) is 1. The Hall–Kier alpha value is -1.97. The Balaban J connectivity index is 3.02. The zero-order valence-corrected chi connectivity index (χ0v) is 9.25. The minimum atomic E-state index is 0.0933. The molecule has 82 valence electrons. The van der Waals surface area contributed by atoms with Gasteiger partial charge in [0.1, 0.15) is 13.2 Å². The van der Waals surface area contributed by atoms with Gasteiger partial charge in [-0.25, -0.2) is 0 Å². The molecule has 0 radical (unpaired) electrons. The van der Waals surface area contributed by atoms with E-state index >= 15 is 0 Å². The highest BCUT2D eigenvalue weighted by Gasteiger charge is 2.11. The molecule has 0 fully saturated rings. The number of ether oxygens (including phenoxy) is 2. The van der Waals surface area contributed by atoms with E-state index in [9.17, 15) is 0 Å². The van der Waals surface area contributed by atoms with Crippen molar-refractivity contribution in [3.05, 3.63) is 17.2 Å². The minimum absolute atomic E-state index is 0.0933. The molecule has 1 aromatic rings. The Morgan fingerprint density at radius 1 is 1.19 bits per heavy atom. The van der Waals surface area contributed by atoms with Gasteiger partial charge in [-0.3, -0.25) is 0 Å². The summed E-state index contributed by atoms with van der Waals surface area (Å²) in [6, 6.07) is 3.13. The third-order valence-corrected chi connectivity index (χ3v) is 1.92. The van der Waals surface area contributed by atoms with Gasteiger partial charge in [-0.2, -0.15) is 0 Å². The first-order valence-corrected chi connectivity index (χ1v) is 4.78. The number of halogens is 1. The number of terminal acetylenes is 2. The van der Waals surface area contributed by atoms with Crippen molar-refractivity contribution in [2.45, 2.75) is 0 Å². The van der Waals surface area contributed by atoms with Gasteiger partial charge in [-0.15, -0.1) is 12.8 Å². The molecule has 1 aromatic carbocycles. The van der Waals surface area contributed by atoms with Gasteiger partial charge in [0.15, 0.2) is 11.5 Å². The fraction of sp³-hybridized carbons (Fsp3) is 0.167. The van der Waals surface area contributed by atoms with Gasteiger partial charge in [0.05, 0.1) is 5.02 Å². The molecule has 3 nitrogen and oxygen atoms in total. The number of anilines is 1. The molecule has 0 aromatic heterocycles. The van der Waals surface area contributed by atoms with Gasteiger partial charge in [-0.05, 0) is 6.07 Å². The van der Waals surface area contributed by atoms with Gasteiger partial charge in [0.2, 0.25) is 0 Å². The molecule has 16 heavy (non-hydrogen) atoms. The van der Waals surface area contributed by atoms with Crippen molar-refractivity contribution in [3.8, 4) is 36.2 Å². The van der Waals surface area contributed by atoms with Crippen molar-refractivity contribution in [3.63, 3.8) is 0 Å². The van der Waals surface area contributed by atoms with Crippen molar-refractivity contribution in [1.82, 2.24) is 0 Å². The summed E-state index contributed by atoms with van der Waals surface area (Å²) in [6.07, 6.45) is 10.2. The fourth-order valence-corrected chi connectivity index (χ4v) is 1.34. The van der Waals surface area contributed by atoms with Gasteiger partial charge >= 0.3 is 0 Å². The van der Waals surface area contributed by atoms with Crippen LogP contribution in [0.2, 0.25) is 5.02 Å². The maximum absolute atomic E-state index is 5.94. The molecule has 0 saturated heterocycles. The topological polar surface area (TPSA) is 44.5 Å². The Morgan fingerprint density at radius 3 is 2.44 bits per heavy atom. The summed E-state index contributed by atoms with van der Waals surface area (Å²) in [5, 5.41) is 0.335. The van der Waals surface area contributed by atoms with Crippen molar-refractivity contribution < 1.29 is 9.47 Å². The summed E-state index contributed by atoms with van der Waals surface area (Å²) < 4.78 is 10.5. The second kappa shape index (κ2) is 5.80. The number of benzene rings is 1. The second-order valence-corrected chi connectivity index (χ2v) is 3.22. The van der Waals surface area contributed by atoms with E-state index in [1.807, 2.05) is 0 Å². The van der Waals surface area contributed by atoms with E-state index in [2.05, 4.69) is 11.8 Å². The summed E-state index contributed by atoms with van der Waals surface area (Å²) in [5.41, 5.74) is 6.08. The highest BCUT2D eigenvalue weighted by atomic mass is 35.5. The van der Waals surface area contributed by atoms with Crippen LogP contribution in [-0.2, 0) is 0 Å². The maximum Gasteiger partial charge on any atom is 0.181 e. The molecule has 0 aliphatic carbocycles. The second-order valence-electron chi connectivity index (χ2n) is 2.82. The third kappa shape index (κ3) is 3.02. The zero-order chi connectivity index (χ0) is 12.0. The lowest BCUT2D eigenvalue weighted by Crippen LogP contribution is -2.01. The first-order valence-electron chi connectivity index (χ1n) is 4.40. The van der Waals surface area contributed by atoms with Gasteiger partial charge in [-0.1, -0.05) is 23.4 Å². The van der Waals surface area contributed by atoms with Crippen LogP contribution >= 0.6 is 11.6 Å². The van der Waals surface area contributed by atoms with Crippen molar-refractivity contribution in [2.24, 2.45) is 0 Å². The molecule has 4 heteroatoms. The van der Waals surface area contributed by atoms with Crippen LogP contribution in [0.4, 0.5) is 5.69 Å². The molecule has 2 N–H and O–H groups in total. The van der Waals surface area contributed by atoms with E-state index in [4.69, 9.17) is 39.7 Å². The zero-order valence-electron chi connectivity index (χ0n) is 8.50. The molecule has 0 saturated carbocycles. The monoisotopic (exact) mass is 235 g/mol. The molecular formula is C12H10ClNO2. The molecule has 1 rings (SSSR count). The van der Waals surface area contributed by atoms with E-state index in [1.165, 1.54) is 0 Å². The predicted octanol–water partition coefficient (Wildman–Crippen LogP) is 1.95. The Morgan fingerprint density at radius 2 is 1.81 bits per heavy atom. The molecule has 0 spiro atoms. The molecule has 0 aliphatic heterocycles. The summed E-state index contributed by atoms with van der Waals surface area (Å²) in [4.78, 5) is 0.